The molecular weight excluding hydrogens is 206 g/mol. The Hall–Kier alpha value is -1.91. The van der Waals surface area contributed by atoms with Crippen LogP contribution in [0.4, 0.5) is 0 Å². The molecule has 86 valence electrons. The van der Waals surface area contributed by atoms with Crippen molar-refractivity contribution in [3.8, 4) is 0 Å². The molecule has 16 heavy (non-hydrogen) atoms. The Morgan fingerprint density at radius 2 is 2.00 bits per heavy atom. The maximum absolute atomic E-state index is 11.2. The van der Waals surface area contributed by atoms with E-state index in [1.807, 2.05) is 13.8 Å². The zero-order valence-corrected chi connectivity index (χ0v) is 9.65. The van der Waals surface area contributed by atoms with Gasteiger partial charge in [-0.05, 0) is 20.8 Å². The van der Waals surface area contributed by atoms with Gasteiger partial charge in [-0.25, -0.2) is 9.97 Å². The van der Waals surface area contributed by atoms with Crippen molar-refractivity contribution in [2.24, 2.45) is 5.73 Å². The Morgan fingerprint density at radius 3 is 2.56 bits per heavy atom. The standard InChI is InChI=1S/C11H15N3O2/c1-4-16-6-5-9-10(11(12)15)14-8(3)7(2)13-9/h5-6H,4H2,1-3H3,(H2,12,15)/b6-5+. The van der Waals surface area contributed by atoms with E-state index in [-0.39, 0.29) is 5.69 Å². The molecule has 0 unspecified atom stereocenters. The number of carbonyl (C=O) groups is 1. The summed E-state index contributed by atoms with van der Waals surface area (Å²) in [6, 6.07) is 0. The number of aromatic nitrogens is 2. The van der Waals surface area contributed by atoms with Crippen molar-refractivity contribution >= 4 is 12.0 Å². The van der Waals surface area contributed by atoms with Crippen LogP contribution in [0, 0.1) is 13.8 Å². The summed E-state index contributed by atoms with van der Waals surface area (Å²) in [6.07, 6.45) is 3.06. The van der Waals surface area contributed by atoms with Gasteiger partial charge in [-0.15, -0.1) is 0 Å². The molecule has 2 N–H and O–H groups in total. The van der Waals surface area contributed by atoms with E-state index in [2.05, 4.69) is 9.97 Å². The largest absolute Gasteiger partial charge is 0.501 e. The third-order valence-corrected chi connectivity index (χ3v) is 2.06. The van der Waals surface area contributed by atoms with Crippen molar-refractivity contribution < 1.29 is 9.53 Å². The van der Waals surface area contributed by atoms with E-state index < -0.39 is 5.91 Å². The van der Waals surface area contributed by atoms with Crippen molar-refractivity contribution in [2.75, 3.05) is 6.61 Å². The van der Waals surface area contributed by atoms with Gasteiger partial charge in [0.1, 0.15) is 0 Å². The highest BCUT2D eigenvalue weighted by Gasteiger charge is 2.11. The third kappa shape index (κ3) is 2.79. The molecule has 0 spiro atoms. The summed E-state index contributed by atoms with van der Waals surface area (Å²) >= 11 is 0. The van der Waals surface area contributed by atoms with E-state index in [9.17, 15) is 4.79 Å². The van der Waals surface area contributed by atoms with Gasteiger partial charge >= 0.3 is 0 Å². The first-order valence-corrected chi connectivity index (χ1v) is 4.99. The Balaban J connectivity index is 3.14. The smallest absolute Gasteiger partial charge is 0.269 e. The summed E-state index contributed by atoms with van der Waals surface area (Å²) in [5.74, 6) is -0.591. The molecule has 1 amide bonds. The Labute approximate surface area is 94.4 Å². The quantitative estimate of drug-likeness (QED) is 0.775. The molecule has 1 aromatic heterocycles. The van der Waals surface area contributed by atoms with Gasteiger partial charge in [-0.3, -0.25) is 4.79 Å². The highest BCUT2D eigenvalue weighted by Crippen LogP contribution is 2.09. The molecule has 1 heterocycles. The normalized spacial score (nSPS) is 10.7. The summed E-state index contributed by atoms with van der Waals surface area (Å²) in [6.45, 7) is 6.03. The van der Waals surface area contributed by atoms with Gasteiger partial charge in [-0.1, -0.05) is 0 Å². The molecule has 1 rings (SSSR count). The monoisotopic (exact) mass is 221 g/mol. The van der Waals surface area contributed by atoms with Crippen molar-refractivity contribution in [1.82, 2.24) is 9.97 Å². The van der Waals surface area contributed by atoms with Crippen LogP contribution in [0.5, 0.6) is 0 Å². The van der Waals surface area contributed by atoms with E-state index in [1.165, 1.54) is 6.26 Å². The van der Waals surface area contributed by atoms with Crippen LogP contribution < -0.4 is 5.73 Å². The molecule has 0 saturated carbocycles. The number of ether oxygens (including phenoxy) is 1. The second kappa shape index (κ2) is 5.25. The molecule has 0 saturated heterocycles. The van der Waals surface area contributed by atoms with Crippen molar-refractivity contribution in [1.29, 1.82) is 0 Å². The van der Waals surface area contributed by atoms with Crippen LogP contribution in [-0.2, 0) is 4.74 Å². The molecule has 0 aliphatic carbocycles. The van der Waals surface area contributed by atoms with Gasteiger partial charge in [0.15, 0.2) is 5.69 Å². The molecule has 0 bridgehead atoms. The van der Waals surface area contributed by atoms with Crippen LogP contribution in [0.25, 0.3) is 6.08 Å². The fourth-order valence-corrected chi connectivity index (χ4v) is 1.13. The molecule has 5 heteroatoms. The maximum Gasteiger partial charge on any atom is 0.269 e. The van der Waals surface area contributed by atoms with Crippen LogP contribution in [0.2, 0.25) is 0 Å². The minimum absolute atomic E-state index is 0.166. The van der Waals surface area contributed by atoms with Gasteiger partial charge in [-0.2, -0.15) is 0 Å². The van der Waals surface area contributed by atoms with E-state index in [0.717, 1.165) is 5.69 Å². The van der Waals surface area contributed by atoms with E-state index in [1.54, 1.807) is 13.0 Å². The summed E-state index contributed by atoms with van der Waals surface area (Å²) < 4.78 is 5.04. The first-order valence-electron chi connectivity index (χ1n) is 4.99. The molecule has 0 fully saturated rings. The summed E-state index contributed by atoms with van der Waals surface area (Å²) in [4.78, 5) is 19.5. The Bertz CT molecular complexity index is 427. The highest BCUT2D eigenvalue weighted by atomic mass is 16.5. The zero-order valence-electron chi connectivity index (χ0n) is 9.65. The lowest BCUT2D eigenvalue weighted by Crippen LogP contribution is -2.17. The first kappa shape index (κ1) is 12.2. The average molecular weight is 221 g/mol. The van der Waals surface area contributed by atoms with Gasteiger partial charge < -0.3 is 10.5 Å². The van der Waals surface area contributed by atoms with Gasteiger partial charge in [0.05, 0.1) is 30.0 Å². The fraction of sp³-hybridized carbons (Fsp3) is 0.364. The van der Waals surface area contributed by atoms with Crippen LogP contribution in [0.1, 0.15) is 34.5 Å². The molecule has 5 nitrogen and oxygen atoms in total. The fourth-order valence-electron chi connectivity index (χ4n) is 1.13. The lowest BCUT2D eigenvalue weighted by atomic mass is 10.2. The number of aryl methyl sites for hydroxylation is 2. The number of hydrogen-bond acceptors (Lipinski definition) is 4. The number of nitrogens with two attached hydrogens (primary N) is 1. The van der Waals surface area contributed by atoms with E-state index >= 15 is 0 Å². The highest BCUT2D eigenvalue weighted by molar-refractivity contribution is 5.93. The molecular formula is C11H15N3O2. The van der Waals surface area contributed by atoms with Gasteiger partial charge in [0.25, 0.3) is 5.91 Å². The predicted octanol–water partition coefficient (Wildman–Crippen LogP) is 1.20. The van der Waals surface area contributed by atoms with E-state index in [4.69, 9.17) is 10.5 Å². The van der Waals surface area contributed by atoms with Gasteiger partial charge in [0.2, 0.25) is 0 Å². The van der Waals surface area contributed by atoms with Crippen LogP contribution >= 0.6 is 0 Å². The lowest BCUT2D eigenvalue weighted by Gasteiger charge is -2.05. The van der Waals surface area contributed by atoms with Gasteiger partial charge in [0, 0.05) is 6.08 Å². The molecule has 0 aliphatic heterocycles. The number of primary amides is 1. The van der Waals surface area contributed by atoms with Crippen LogP contribution in [0.3, 0.4) is 0 Å². The van der Waals surface area contributed by atoms with Crippen LogP contribution in [0.15, 0.2) is 6.26 Å². The van der Waals surface area contributed by atoms with E-state index in [0.29, 0.717) is 18.0 Å². The second-order valence-electron chi connectivity index (χ2n) is 3.25. The minimum Gasteiger partial charge on any atom is -0.501 e. The number of nitrogens with zero attached hydrogens (tertiary/aromatic N) is 2. The number of hydrogen-bond donors (Lipinski definition) is 1. The average Bonchev–Trinajstić information content (AvgIpc) is 2.23. The molecule has 0 radical (unpaired) electrons. The summed E-state index contributed by atoms with van der Waals surface area (Å²) in [5, 5.41) is 0. The first-order chi connectivity index (χ1) is 7.56. The topological polar surface area (TPSA) is 78.1 Å². The van der Waals surface area contributed by atoms with Crippen molar-refractivity contribution in [3.05, 3.63) is 29.0 Å². The molecule has 0 aromatic carbocycles. The lowest BCUT2D eigenvalue weighted by molar-refractivity contribution is 0.0994. The Morgan fingerprint density at radius 1 is 1.38 bits per heavy atom. The summed E-state index contributed by atoms with van der Waals surface area (Å²) in [5.41, 5.74) is 7.28. The van der Waals surface area contributed by atoms with Crippen molar-refractivity contribution in [3.63, 3.8) is 0 Å². The predicted molar refractivity (Wildman–Crippen MR) is 60.7 cm³/mol. The number of amides is 1. The number of carbonyl (C=O) groups excluding carboxylic acids is 1. The number of rotatable bonds is 4. The second-order valence-corrected chi connectivity index (χ2v) is 3.25. The maximum atomic E-state index is 11.2. The minimum atomic E-state index is -0.591. The summed E-state index contributed by atoms with van der Waals surface area (Å²) in [7, 11) is 0. The third-order valence-electron chi connectivity index (χ3n) is 2.06. The molecule has 1 aromatic rings. The van der Waals surface area contributed by atoms with Crippen LogP contribution in [-0.4, -0.2) is 22.5 Å². The van der Waals surface area contributed by atoms with Crippen molar-refractivity contribution in [2.45, 2.75) is 20.8 Å². The zero-order chi connectivity index (χ0) is 12.1. The Kier molecular flexibility index (Phi) is 3.99. The molecule has 0 aliphatic rings. The molecule has 0 atom stereocenters. The SMILES string of the molecule is CCO/C=C/c1nc(C)c(C)nc1C(N)=O.